The lowest BCUT2D eigenvalue weighted by molar-refractivity contribution is -0.128. The summed E-state index contributed by atoms with van der Waals surface area (Å²) in [4.78, 5) is 14.6. The molecule has 14 heavy (non-hydrogen) atoms. The van der Waals surface area contributed by atoms with E-state index in [4.69, 9.17) is 0 Å². The van der Waals surface area contributed by atoms with E-state index >= 15 is 0 Å². The van der Waals surface area contributed by atoms with Crippen molar-refractivity contribution in [2.45, 2.75) is 26.2 Å². The Kier molecular flexibility index (Phi) is 3.68. The first kappa shape index (κ1) is 10.8. The Morgan fingerprint density at radius 2 is 2.21 bits per heavy atom. The first-order chi connectivity index (χ1) is 6.63. The molecule has 0 aromatic carbocycles. The summed E-state index contributed by atoms with van der Waals surface area (Å²) < 4.78 is 23.8. The van der Waals surface area contributed by atoms with Crippen LogP contribution < -0.4 is 0 Å². The number of Topliss-reactive ketones (excluding diaryl/α,β-unsaturated/α-hetero) is 1. The topological polar surface area (TPSA) is 30.0 Å². The highest BCUT2D eigenvalue weighted by Crippen LogP contribution is 2.05. The van der Waals surface area contributed by atoms with Crippen LogP contribution in [0.25, 0.3) is 0 Å². The Hall–Kier alpha value is -1.32. The average Bonchev–Trinajstić information content (AvgIpc) is 2.19. The van der Waals surface area contributed by atoms with Gasteiger partial charge in [-0.15, -0.1) is 0 Å². The third kappa shape index (κ3) is 2.87. The lowest BCUT2D eigenvalue weighted by atomic mass is 10.1. The maximum atomic E-state index is 11.9. The molecule has 0 unspecified atom stereocenters. The zero-order valence-electron chi connectivity index (χ0n) is 7.84. The molecule has 4 heteroatoms. The number of nitrogens with zero attached hydrogens (tertiary/aromatic N) is 1. The van der Waals surface area contributed by atoms with Gasteiger partial charge < -0.3 is 0 Å². The van der Waals surface area contributed by atoms with E-state index in [1.54, 1.807) is 18.3 Å². The molecule has 1 heterocycles. The van der Waals surface area contributed by atoms with Gasteiger partial charge in [-0.25, -0.2) is 8.78 Å². The minimum Gasteiger partial charge on any atom is -0.293 e. The second kappa shape index (κ2) is 4.79. The molecule has 0 bridgehead atoms. The fourth-order valence-electron chi connectivity index (χ4n) is 1.02. The molecule has 0 N–H and O–H groups in total. The predicted octanol–water partition coefficient (Wildman–Crippen LogP) is 2.02. The van der Waals surface area contributed by atoms with Gasteiger partial charge in [-0.2, -0.15) is 0 Å². The van der Waals surface area contributed by atoms with Crippen LogP contribution in [0.4, 0.5) is 8.78 Å². The van der Waals surface area contributed by atoms with Crippen LogP contribution in [0.2, 0.25) is 0 Å². The van der Waals surface area contributed by atoms with Crippen molar-refractivity contribution in [3.63, 3.8) is 0 Å². The van der Waals surface area contributed by atoms with E-state index in [2.05, 4.69) is 4.98 Å². The smallest absolute Gasteiger partial charge is 0.293 e. The molecule has 0 atom stereocenters. The lowest BCUT2D eigenvalue weighted by Gasteiger charge is -2.00. The summed E-state index contributed by atoms with van der Waals surface area (Å²) >= 11 is 0. The molecule has 0 aliphatic carbocycles. The van der Waals surface area contributed by atoms with Crippen LogP contribution in [-0.4, -0.2) is 17.2 Å². The normalized spacial score (nSPS) is 10.6. The third-order valence-corrected chi connectivity index (χ3v) is 1.89. The number of carbonyl (C=O) groups is 1. The van der Waals surface area contributed by atoms with Gasteiger partial charge in [-0.05, 0) is 18.1 Å². The third-order valence-electron chi connectivity index (χ3n) is 1.89. The second-order valence-electron chi connectivity index (χ2n) is 2.96. The largest absolute Gasteiger partial charge is 0.296 e. The Morgan fingerprint density at radius 1 is 1.50 bits per heavy atom. The van der Waals surface area contributed by atoms with E-state index in [-0.39, 0.29) is 6.42 Å². The molecule has 76 valence electrons. The number of halogens is 2. The van der Waals surface area contributed by atoms with Gasteiger partial charge >= 0.3 is 0 Å². The number of hydrogen-bond donors (Lipinski definition) is 0. The van der Waals surface area contributed by atoms with Gasteiger partial charge in [0, 0.05) is 11.9 Å². The number of hydrogen-bond acceptors (Lipinski definition) is 2. The average molecular weight is 199 g/mol. The number of aromatic nitrogens is 1. The van der Waals surface area contributed by atoms with Crippen molar-refractivity contribution in [1.29, 1.82) is 0 Å². The van der Waals surface area contributed by atoms with Crippen molar-refractivity contribution in [3.8, 4) is 0 Å². The first-order valence-corrected chi connectivity index (χ1v) is 4.38. The monoisotopic (exact) mass is 199 g/mol. The molecule has 0 aliphatic rings. The van der Waals surface area contributed by atoms with E-state index in [0.29, 0.717) is 5.69 Å². The Balaban J connectivity index is 2.64. The molecule has 0 radical (unpaired) electrons. The van der Waals surface area contributed by atoms with Crippen LogP contribution in [0.5, 0.6) is 0 Å². The van der Waals surface area contributed by atoms with E-state index in [1.165, 1.54) is 0 Å². The van der Waals surface area contributed by atoms with Gasteiger partial charge in [0.2, 0.25) is 5.78 Å². The minimum atomic E-state index is -2.90. The van der Waals surface area contributed by atoms with Crippen molar-refractivity contribution < 1.29 is 13.6 Å². The summed E-state index contributed by atoms with van der Waals surface area (Å²) in [5.74, 6) is -1.08. The summed E-state index contributed by atoms with van der Waals surface area (Å²) in [5, 5.41) is 0. The number of carbonyl (C=O) groups excluding carboxylic acids is 1. The van der Waals surface area contributed by atoms with Gasteiger partial charge in [0.25, 0.3) is 6.43 Å². The Morgan fingerprint density at radius 3 is 2.64 bits per heavy atom. The Bertz CT molecular complexity index is 308. The molecule has 2 nitrogen and oxygen atoms in total. The van der Waals surface area contributed by atoms with Gasteiger partial charge in [0.15, 0.2) is 0 Å². The Labute approximate surface area is 81.0 Å². The number of rotatable bonds is 4. The molecule has 0 fully saturated rings. The summed E-state index contributed by atoms with van der Waals surface area (Å²) in [6.07, 6.45) is -0.742. The fourth-order valence-corrected chi connectivity index (χ4v) is 1.02. The van der Waals surface area contributed by atoms with Crippen molar-refractivity contribution in [2.24, 2.45) is 0 Å². The summed E-state index contributed by atoms with van der Waals surface area (Å²) in [7, 11) is 0. The molecule has 0 saturated carbocycles. The lowest BCUT2D eigenvalue weighted by Crippen LogP contribution is -2.13. The van der Waals surface area contributed by atoms with Gasteiger partial charge in [0.1, 0.15) is 0 Å². The molecule has 0 amide bonds. The zero-order valence-corrected chi connectivity index (χ0v) is 7.84. The van der Waals surface area contributed by atoms with E-state index in [0.717, 1.165) is 12.0 Å². The molecule has 0 spiro atoms. The van der Waals surface area contributed by atoms with E-state index in [9.17, 15) is 13.6 Å². The predicted molar refractivity (Wildman–Crippen MR) is 48.3 cm³/mol. The highest BCUT2D eigenvalue weighted by atomic mass is 19.3. The summed E-state index contributed by atoms with van der Waals surface area (Å²) in [6.45, 7) is 1.97. The van der Waals surface area contributed by atoms with Gasteiger partial charge in [-0.1, -0.05) is 13.0 Å². The van der Waals surface area contributed by atoms with Crippen LogP contribution in [0, 0.1) is 0 Å². The van der Waals surface area contributed by atoms with Crippen molar-refractivity contribution in [1.82, 2.24) is 4.98 Å². The molecule has 1 aromatic heterocycles. The van der Waals surface area contributed by atoms with Gasteiger partial charge in [0.05, 0.1) is 6.42 Å². The summed E-state index contributed by atoms with van der Waals surface area (Å²) in [6, 6.07) is 3.40. The molecule has 1 aromatic rings. The minimum absolute atomic E-state index is 0.290. The SMILES string of the molecule is CCc1ccc(CC(=O)C(F)F)nc1. The van der Waals surface area contributed by atoms with Crippen LogP contribution in [-0.2, 0) is 17.6 Å². The van der Waals surface area contributed by atoms with Crippen molar-refractivity contribution in [2.75, 3.05) is 0 Å². The van der Waals surface area contributed by atoms with E-state index in [1.807, 2.05) is 6.92 Å². The van der Waals surface area contributed by atoms with Crippen LogP contribution in [0.3, 0.4) is 0 Å². The maximum Gasteiger partial charge on any atom is 0.296 e. The fraction of sp³-hybridized carbons (Fsp3) is 0.400. The second-order valence-corrected chi connectivity index (χ2v) is 2.96. The van der Waals surface area contributed by atoms with Crippen LogP contribution in [0.1, 0.15) is 18.2 Å². The van der Waals surface area contributed by atoms with Gasteiger partial charge in [-0.3, -0.25) is 9.78 Å². The summed E-state index contributed by atoms with van der Waals surface area (Å²) in [5.41, 5.74) is 1.42. The molecule has 1 rings (SSSR count). The number of ketones is 1. The number of alkyl halides is 2. The molecule has 0 saturated heterocycles. The standard InChI is InChI=1S/C10H11F2NO/c1-2-7-3-4-8(13-6-7)5-9(14)10(11)12/h3-4,6,10H,2,5H2,1H3. The number of aryl methyl sites for hydroxylation is 1. The van der Waals surface area contributed by atoms with Crippen molar-refractivity contribution >= 4 is 5.78 Å². The molecular formula is C10H11F2NO. The highest BCUT2D eigenvalue weighted by Gasteiger charge is 2.15. The van der Waals surface area contributed by atoms with Crippen molar-refractivity contribution in [3.05, 3.63) is 29.6 Å². The van der Waals surface area contributed by atoms with Crippen LogP contribution in [0.15, 0.2) is 18.3 Å². The quantitative estimate of drug-likeness (QED) is 0.742. The molecule has 0 aliphatic heterocycles. The maximum absolute atomic E-state index is 11.9. The number of pyridine rings is 1. The zero-order chi connectivity index (χ0) is 10.6. The molecular weight excluding hydrogens is 188 g/mol. The highest BCUT2D eigenvalue weighted by molar-refractivity contribution is 5.83. The first-order valence-electron chi connectivity index (χ1n) is 4.38. The van der Waals surface area contributed by atoms with E-state index < -0.39 is 12.2 Å². The van der Waals surface area contributed by atoms with Crippen LogP contribution >= 0.6 is 0 Å².